The molecule has 0 atom stereocenters. The van der Waals surface area contributed by atoms with Crippen molar-refractivity contribution >= 4 is 5.78 Å². The van der Waals surface area contributed by atoms with Gasteiger partial charge in [-0.1, -0.05) is 64.1 Å². The van der Waals surface area contributed by atoms with Gasteiger partial charge in [0.05, 0.1) is 0 Å². The molecule has 0 heterocycles. The maximum absolute atomic E-state index is 13.2. The third-order valence-corrected chi connectivity index (χ3v) is 4.29. The van der Waals surface area contributed by atoms with E-state index in [1.54, 1.807) is 0 Å². The number of aryl methyl sites for hydroxylation is 2. The van der Waals surface area contributed by atoms with Gasteiger partial charge in [0.2, 0.25) is 0 Å². The van der Waals surface area contributed by atoms with Crippen LogP contribution in [0.25, 0.3) is 0 Å². The van der Waals surface area contributed by atoms with Crippen LogP contribution in [0.2, 0.25) is 0 Å². The van der Waals surface area contributed by atoms with Crippen LogP contribution >= 0.6 is 0 Å². The second-order valence-corrected chi connectivity index (χ2v) is 6.71. The summed E-state index contributed by atoms with van der Waals surface area (Å²) in [7, 11) is 0. The van der Waals surface area contributed by atoms with E-state index < -0.39 is 0 Å². The van der Waals surface area contributed by atoms with Crippen molar-refractivity contribution in [2.24, 2.45) is 0 Å². The summed E-state index contributed by atoms with van der Waals surface area (Å²) in [5, 5.41) is 0. The first-order chi connectivity index (χ1) is 10.3. The molecule has 0 aliphatic heterocycles. The molecule has 2 aromatic rings. The van der Waals surface area contributed by atoms with Crippen LogP contribution in [0.3, 0.4) is 0 Å². The summed E-state index contributed by atoms with van der Waals surface area (Å²) >= 11 is 0. The number of ketones is 1. The van der Waals surface area contributed by atoms with Crippen LogP contribution in [0, 0.1) is 13.8 Å². The van der Waals surface area contributed by atoms with E-state index >= 15 is 0 Å². The van der Waals surface area contributed by atoms with Gasteiger partial charge in [-0.2, -0.15) is 0 Å². The third kappa shape index (κ3) is 2.99. The van der Waals surface area contributed by atoms with Gasteiger partial charge in [0, 0.05) is 11.1 Å². The van der Waals surface area contributed by atoms with Crippen LogP contribution in [0.15, 0.2) is 36.4 Å². The van der Waals surface area contributed by atoms with E-state index in [9.17, 15) is 4.79 Å². The summed E-state index contributed by atoms with van der Waals surface area (Å²) in [6.45, 7) is 12.8. The monoisotopic (exact) mass is 294 g/mol. The van der Waals surface area contributed by atoms with E-state index in [1.165, 1.54) is 22.3 Å². The van der Waals surface area contributed by atoms with Crippen molar-refractivity contribution in [3.8, 4) is 0 Å². The summed E-state index contributed by atoms with van der Waals surface area (Å²) in [6.07, 6.45) is 0. The molecular weight excluding hydrogens is 268 g/mol. The van der Waals surface area contributed by atoms with Crippen LogP contribution < -0.4 is 0 Å². The lowest BCUT2D eigenvalue weighted by Crippen LogP contribution is -2.12. The summed E-state index contributed by atoms with van der Waals surface area (Å²) in [6, 6.07) is 12.1. The van der Waals surface area contributed by atoms with E-state index in [0.29, 0.717) is 11.8 Å². The maximum Gasteiger partial charge on any atom is 0.193 e. The van der Waals surface area contributed by atoms with Crippen molar-refractivity contribution in [3.63, 3.8) is 0 Å². The minimum atomic E-state index is 0.153. The quantitative estimate of drug-likeness (QED) is 0.653. The largest absolute Gasteiger partial charge is 0.289 e. The minimum absolute atomic E-state index is 0.153. The first-order valence-corrected chi connectivity index (χ1v) is 8.08. The molecule has 0 fully saturated rings. The fourth-order valence-electron chi connectivity index (χ4n) is 3.44. The molecule has 0 aliphatic rings. The van der Waals surface area contributed by atoms with Gasteiger partial charge in [0.15, 0.2) is 5.78 Å². The fourth-order valence-corrected chi connectivity index (χ4v) is 3.44. The van der Waals surface area contributed by atoms with Gasteiger partial charge in [-0.25, -0.2) is 0 Å². The molecule has 2 rings (SSSR count). The molecule has 0 spiro atoms. The first kappa shape index (κ1) is 16.5. The zero-order valence-corrected chi connectivity index (χ0v) is 14.5. The van der Waals surface area contributed by atoms with Gasteiger partial charge in [-0.15, -0.1) is 0 Å². The molecule has 0 amide bonds. The number of carbonyl (C=O) groups is 1. The first-order valence-electron chi connectivity index (χ1n) is 8.08. The van der Waals surface area contributed by atoms with Crippen LogP contribution in [0.1, 0.15) is 77.7 Å². The molecule has 116 valence electrons. The summed E-state index contributed by atoms with van der Waals surface area (Å²) in [5.74, 6) is 0.833. The van der Waals surface area contributed by atoms with Crippen molar-refractivity contribution in [3.05, 3.63) is 69.8 Å². The number of hydrogen-bond acceptors (Lipinski definition) is 1. The van der Waals surface area contributed by atoms with Gasteiger partial charge in [0.25, 0.3) is 0 Å². The normalized spacial score (nSPS) is 11.3. The SMILES string of the molecule is Cc1cccc(C(=O)c2cccc(C)c2C(C)C)c1C(C)C. The zero-order valence-electron chi connectivity index (χ0n) is 14.5. The third-order valence-electron chi connectivity index (χ3n) is 4.29. The average Bonchev–Trinajstić information content (AvgIpc) is 2.45. The molecule has 0 saturated heterocycles. The van der Waals surface area contributed by atoms with Crippen molar-refractivity contribution < 1.29 is 4.79 Å². The minimum Gasteiger partial charge on any atom is -0.289 e. The predicted molar refractivity (Wildman–Crippen MR) is 94.0 cm³/mol. The predicted octanol–water partition coefficient (Wildman–Crippen LogP) is 5.78. The molecular formula is C21H26O. The van der Waals surface area contributed by atoms with Crippen LogP contribution in [0.5, 0.6) is 0 Å². The molecule has 22 heavy (non-hydrogen) atoms. The van der Waals surface area contributed by atoms with Gasteiger partial charge in [0.1, 0.15) is 0 Å². The second-order valence-electron chi connectivity index (χ2n) is 6.71. The van der Waals surface area contributed by atoms with Gasteiger partial charge in [-0.05, 0) is 47.9 Å². The molecule has 0 radical (unpaired) electrons. The van der Waals surface area contributed by atoms with Crippen molar-refractivity contribution in [1.29, 1.82) is 0 Å². The summed E-state index contributed by atoms with van der Waals surface area (Å²) < 4.78 is 0. The molecule has 0 aromatic heterocycles. The Hall–Kier alpha value is -1.89. The maximum atomic E-state index is 13.2. The summed E-state index contributed by atoms with van der Waals surface area (Å²) in [5.41, 5.74) is 6.43. The standard InChI is InChI=1S/C21H26O/c1-13(2)19-15(5)9-7-11-17(19)21(22)18-12-8-10-16(6)20(18)14(3)4/h7-14H,1-6H3. The van der Waals surface area contributed by atoms with Gasteiger partial charge < -0.3 is 0 Å². The van der Waals surface area contributed by atoms with E-state index in [0.717, 1.165) is 11.1 Å². The highest BCUT2D eigenvalue weighted by Crippen LogP contribution is 2.29. The second kappa shape index (κ2) is 6.48. The van der Waals surface area contributed by atoms with Crippen molar-refractivity contribution in [1.82, 2.24) is 0 Å². The van der Waals surface area contributed by atoms with Crippen molar-refractivity contribution in [2.75, 3.05) is 0 Å². The molecule has 0 saturated carbocycles. The Morgan fingerprint density at radius 2 is 1.09 bits per heavy atom. The highest BCUT2D eigenvalue weighted by molar-refractivity contribution is 6.11. The Morgan fingerprint density at radius 1 is 0.727 bits per heavy atom. The van der Waals surface area contributed by atoms with Crippen molar-refractivity contribution in [2.45, 2.75) is 53.4 Å². The molecule has 0 unspecified atom stereocenters. The van der Waals surface area contributed by atoms with Crippen LogP contribution in [-0.4, -0.2) is 5.78 Å². The number of benzene rings is 2. The highest BCUT2D eigenvalue weighted by atomic mass is 16.1. The summed E-state index contributed by atoms with van der Waals surface area (Å²) in [4.78, 5) is 13.2. The molecule has 0 bridgehead atoms. The van der Waals surface area contributed by atoms with E-state index in [2.05, 4.69) is 53.7 Å². The van der Waals surface area contributed by atoms with E-state index in [4.69, 9.17) is 0 Å². The zero-order chi connectivity index (χ0) is 16.4. The number of carbonyl (C=O) groups excluding carboxylic acids is 1. The van der Waals surface area contributed by atoms with E-state index in [-0.39, 0.29) is 5.78 Å². The molecule has 2 aromatic carbocycles. The average molecular weight is 294 g/mol. The van der Waals surface area contributed by atoms with Gasteiger partial charge in [-0.3, -0.25) is 4.79 Å². The topological polar surface area (TPSA) is 17.1 Å². The number of hydrogen-bond donors (Lipinski definition) is 0. The lowest BCUT2D eigenvalue weighted by Gasteiger charge is -2.19. The Bertz CT molecular complexity index is 634. The number of rotatable bonds is 4. The Labute approximate surface area is 134 Å². The molecule has 1 nitrogen and oxygen atoms in total. The smallest absolute Gasteiger partial charge is 0.193 e. The Kier molecular flexibility index (Phi) is 4.85. The highest BCUT2D eigenvalue weighted by Gasteiger charge is 2.21. The molecule has 1 heteroatoms. The van der Waals surface area contributed by atoms with E-state index in [1.807, 2.05) is 24.3 Å². The van der Waals surface area contributed by atoms with Gasteiger partial charge >= 0.3 is 0 Å². The molecule has 0 N–H and O–H groups in total. The Balaban J connectivity index is 2.65. The van der Waals surface area contributed by atoms with Crippen LogP contribution in [-0.2, 0) is 0 Å². The Morgan fingerprint density at radius 3 is 1.41 bits per heavy atom. The lowest BCUT2D eigenvalue weighted by molar-refractivity contribution is 0.103. The molecule has 0 aliphatic carbocycles. The van der Waals surface area contributed by atoms with Crippen LogP contribution in [0.4, 0.5) is 0 Å². The lowest BCUT2D eigenvalue weighted by atomic mass is 9.84. The fraction of sp³-hybridized carbons (Fsp3) is 0.381.